The van der Waals surface area contributed by atoms with Crippen molar-refractivity contribution in [3.63, 3.8) is 0 Å². The van der Waals surface area contributed by atoms with Gasteiger partial charge in [-0.2, -0.15) is 0 Å². The molecule has 8 atom stereocenters. The molecular weight excluding hydrogens is 747 g/mol. The summed E-state index contributed by atoms with van der Waals surface area (Å²) in [5, 5.41) is 0. The molecule has 2 aromatic rings. The van der Waals surface area contributed by atoms with Gasteiger partial charge in [0.2, 0.25) is 0 Å². The van der Waals surface area contributed by atoms with Gasteiger partial charge in [0.25, 0.3) is 0 Å². The lowest BCUT2D eigenvalue weighted by Gasteiger charge is -2.40. The van der Waals surface area contributed by atoms with Gasteiger partial charge < -0.3 is 4.90 Å². The summed E-state index contributed by atoms with van der Waals surface area (Å²) >= 11 is 0. The average molecular weight is 820 g/mol. The number of hydrogen-bond acceptors (Lipinski definition) is 1. The van der Waals surface area contributed by atoms with E-state index in [1.165, 1.54) is 119 Å². The van der Waals surface area contributed by atoms with Crippen LogP contribution in [0.3, 0.4) is 0 Å². The molecule has 0 amide bonds. The van der Waals surface area contributed by atoms with Gasteiger partial charge in [-0.1, -0.05) is 165 Å². The molecule has 322 valence electrons. The SMILES string of the molecule is CC1(C)C2=C(CCCC2)C2CC=C(C3CC=C(N(Cc4ccc(C5C=CC(C6C=CC=CC6)CC5)cc4)C4=CCC(C5=CC=C6c7ccccc7C(C)(C)C6C5)CC4)CC3)CC21. The van der Waals surface area contributed by atoms with Crippen molar-refractivity contribution >= 4 is 5.57 Å². The van der Waals surface area contributed by atoms with E-state index < -0.39 is 0 Å². The van der Waals surface area contributed by atoms with Gasteiger partial charge in [0, 0.05) is 23.9 Å². The largest absolute Gasteiger partial charge is 0.345 e. The maximum Gasteiger partial charge on any atom is 0.0475 e. The van der Waals surface area contributed by atoms with Crippen LogP contribution < -0.4 is 0 Å². The smallest absolute Gasteiger partial charge is 0.0475 e. The standard InChI is InChI=1S/C61H73N/c1-60(2)56-16-10-8-14-52(56)54-36-30-48(38-58(54)60)46-26-32-50(33-27-46)62(40-41-18-20-43(21-19-41)45-24-22-44(23-25-45)42-12-6-5-7-13-42)51-34-28-47(29-35-51)49-31-37-55-53-15-9-11-17-57(53)61(3,4)59(55)39-49/h5-8,10,12,14,16,18-22,24,30-32,34,36,42,44-47,55,58-59H,9,11,13,15,17,23,25-29,33,35,37-40H2,1-4H3. The van der Waals surface area contributed by atoms with Crippen LogP contribution in [0, 0.1) is 46.8 Å². The average Bonchev–Trinajstić information content (AvgIpc) is 3.70. The van der Waals surface area contributed by atoms with Crippen LogP contribution in [0.4, 0.5) is 0 Å². The van der Waals surface area contributed by atoms with Gasteiger partial charge in [-0.3, -0.25) is 0 Å². The van der Waals surface area contributed by atoms with E-state index in [-0.39, 0.29) is 5.41 Å². The minimum atomic E-state index is 0.189. The summed E-state index contributed by atoms with van der Waals surface area (Å²) < 4.78 is 0. The predicted molar refractivity (Wildman–Crippen MR) is 261 cm³/mol. The lowest BCUT2D eigenvalue weighted by Crippen LogP contribution is -2.31. The first-order valence-electron chi connectivity index (χ1n) is 25.4. The number of nitrogens with zero attached hydrogens (tertiary/aromatic N) is 1. The summed E-state index contributed by atoms with van der Waals surface area (Å²) in [6.45, 7) is 11.2. The molecular formula is C61H73N. The second-order valence-electron chi connectivity index (χ2n) is 22.4. The molecule has 0 N–H and O–H groups in total. The minimum Gasteiger partial charge on any atom is -0.345 e. The second kappa shape index (κ2) is 16.5. The summed E-state index contributed by atoms with van der Waals surface area (Å²) in [7, 11) is 0. The Balaban J connectivity index is 0.809. The van der Waals surface area contributed by atoms with Gasteiger partial charge in [-0.05, 0) is 183 Å². The van der Waals surface area contributed by atoms with E-state index in [0.29, 0.717) is 35.0 Å². The minimum absolute atomic E-state index is 0.189. The Labute approximate surface area is 375 Å². The fourth-order valence-electron chi connectivity index (χ4n) is 14.8. The topological polar surface area (TPSA) is 3.24 Å². The van der Waals surface area contributed by atoms with Gasteiger partial charge in [0.1, 0.15) is 0 Å². The summed E-state index contributed by atoms with van der Waals surface area (Å²) in [6, 6.07) is 19.1. The predicted octanol–water partition coefficient (Wildman–Crippen LogP) is 16.2. The Kier molecular flexibility index (Phi) is 10.8. The number of rotatable bonds is 8. The fourth-order valence-corrected chi connectivity index (χ4v) is 14.8. The van der Waals surface area contributed by atoms with Crippen molar-refractivity contribution in [1.29, 1.82) is 0 Å². The van der Waals surface area contributed by atoms with Crippen molar-refractivity contribution < 1.29 is 0 Å². The molecule has 0 aromatic heterocycles. The van der Waals surface area contributed by atoms with E-state index in [0.717, 1.165) is 24.3 Å². The first kappa shape index (κ1) is 40.7. The van der Waals surface area contributed by atoms with Gasteiger partial charge in [0.05, 0.1) is 0 Å². The molecule has 0 bridgehead atoms. The maximum absolute atomic E-state index is 2.80. The van der Waals surface area contributed by atoms with Crippen LogP contribution in [0.1, 0.15) is 159 Å². The lowest BCUT2D eigenvalue weighted by atomic mass is 9.66. The fraction of sp³-hybridized carbons (Fsp3) is 0.508. The van der Waals surface area contributed by atoms with Crippen molar-refractivity contribution in [3.8, 4) is 0 Å². The van der Waals surface area contributed by atoms with Gasteiger partial charge in [-0.25, -0.2) is 0 Å². The summed E-state index contributed by atoms with van der Waals surface area (Å²) in [6.07, 6.45) is 47.9. The zero-order valence-electron chi connectivity index (χ0n) is 38.6. The molecule has 11 rings (SSSR count). The van der Waals surface area contributed by atoms with E-state index in [2.05, 4.69) is 148 Å². The van der Waals surface area contributed by atoms with Gasteiger partial charge >= 0.3 is 0 Å². The first-order valence-corrected chi connectivity index (χ1v) is 25.4. The van der Waals surface area contributed by atoms with Gasteiger partial charge in [0.15, 0.2) is 0 Å². The number of fused-ring (bicyclic) bond motifs is 5. The molecule has 0 saturated heterocycles. The highest BCUT2D eigenvalue weighted by Crippen LogP contribution is 2.61. The molecule has 0 fully saturated rings. The number of allylic oxidation sites excluding steroid dienone is 18. The first-order chi connectivity index (χ1) is 30.2. The monoisotopic (exact) mass is 820 g/mol. The van der Waals surface area contributed by atoms with Crippen molar-refractivity contribution in [3.05, 3.63) is 171 Å². The molecule has 9 aliphatic carbocycles. The zero-order valence-corrected chi connectivity index (χ0v) is 38.6. The molecule has 8 unspecified atom stereocenters. The third-order valence-corrected chi connectivity index (χ3v) is 18.6. The summed E-state index contributed by atoms with van der Waals surface area (Å²) in [5.74, 6) is 5.51. The molecule has 0 aliphatic heterocycles. The maximum atomic E-state index is 2.80. The van der Waals surface area contributed by atoms with Crippen LogP contribution in [0.2, 0.25) is 0 Å². The van der Waals surface area contributed by atoms with Crippen LogP contribution in [-0.2, 0) is 12.0 Å². The number of benzene rings is 2. The second-order valence-corrected chi connectivity index (χ2v) is 22.4. The van der Waals surface area contributed by atoms with Gasteiger partial charge in [-0.15, -0.1) is 0 Å². The number of hydrogen-bond donors (Lipinski definition) is 0. The van der Waals surface area contributed by atoms with Crippen molar-refractivity contribution in [2.45, 2.75) is 148 Å². The molecule has 1 heteroatoms. The Hall–Kier alpha value is -4.10. The highest BCUT2D eigenvalue weighted by Gasteiger charge is 2.49. The van der Waals surface area contributed by atoms with E-state index in [4.69, 9.17) is 0 Å². The summed E-state index contributed by atoms with van der Waals surface area (Å²) in [5.41, 5.74) is 18.5. The van der Waals surface area contributed by atoms with Crippen molar-refractivity contribution in [2.75, 3.05) is 0 Å². The molecule has 62 heavy (non-hydrogen) atoms. The van der Waals surface area contributed by atoms with E-state index in [1.807, 2.05) is 11.1 Å². The van der Waals surface area contributed by atoms with E-state index in [1.54, 1.807) is 33.7 Å². The third-order valence-electron chi connectivity index (χ3n) is 18.6. The van der Waals surface area contributed by atoms with E-state index >= 15 is 0 Å². The Morgan fingerprint density at radius 3 is 2.13 bits per heavy atom. The quantitative estimate of drug-likeness (QED) is 0.240. The molecule has 0 spiro atoms. The van der Waals surface area contributed by atoms with Crippen molar-refractivity contribution in [1.82, 2.24) is 4.90 Å². The molecule has 0 heterocycles. The van der Waals surface area contributed by atoms with Crippen LogP contribution in [0.5, 0.6) is 0 Å². The molecule has 0 radical (unpaired) electrons. The Morgan fingerprint density at radius 1 is 0.629 bits per heavy atom. The lowest BCUT2D eigenvalue weighted by molar-refractivity contribution is 0.210. The van der Waals surface area contributed by atoms with Crippen LogP contribution in [-0.4, -0.2) is 4.90 Å². The molecule has 1 nitrogen and oxygen atoms in total. The van der Waals surface area contributed by atoms with Crippen LogP contribution >= 0.6 is 0 Å². The third kappa shape index (κ3) is 7.30. The Morgan fingerprint density at radius 2 is 1.40 bits per heavy atom. The molecule has 2 aromatic carbocycles. The summed E-state index contributed by atoms with van der Waals surface area (Å²) in [4.78, 5) is 2.80. The van der Waals surface area contributed by atoms with Crippen LogP contribution in [0.15, 0.2) is 149 Å². The molecule has 0 saturated carbocycles. The van der Waals surface area contributed by atoms with Crippen molar-refractivity contribution in [2.24, 2.45) is 46.8 Å². The zero-order chi connectivity index (χ0) is 42.0. The highest BCUT2D eigenvalue weighted by atomic mass is 15.1. The normalized spacial score (nSPS) is 33.0. The Bertz CT molecular complexity index is 2340. The molecule has 9 aliphatic rings. The highest BCUT2D eigenvalue weighted by molar-refractivity contribution is 5.80. The van der Waals surface area contributed by atoms with E-state index in [9.17, 15) is 0 Å². The van der Waals surface area contributed by atoms with Crippen LogP contribution in [0.25, 0.3) is 5.57 Å².